The topological polar surface area (TPSA) is 98.1 Å². The van der Waals surface area contributed by atoms with Crippen molar-refractivity contribution in [3.63, 3.8) is 0 Å². The lowest BCUT2D eigenvalue weighted by Crippen LogP contribution is -2.36. The van der Waals surface area contributed by atoms with Crippen molar-refractivity contribution in [1.29, 1.82) is 0 Å². The van der Waals surface area contributed by atoms with Crippen LogP contribution >= 0.6 is 0 Å². The Morgan fingerprint density at radius 1 is 1.18 bits per heavy atom. The van der Waals surface area contributed by atoms with Gasteiger partial charge >= 0.3 is 5.91 Å². The van der Waals surface area contributed by atoms with Crippen LogP contribution in [0.15, 0.2) is 45.7 Å². The van der Waals surface area contributed by atoms with Crippen molar-refractivity contribution < 1.29 is 40.3 Å². The monoisotopic (exact) mass is 498 g/mol. The van der Waals surface area contributed by atoms with E-state index in [0.717, 1.165) is 31.6 Å². The molecule has 1 amide bonds. The first kappa shape index (κ1) is 23.7. The third-order valence-electron chi connectivity index (χ3n) is 5.12. The van der Waals surface area contributed by atoms with Crippen molar-refractivity contribution in [1.82, 2.24) is 4.72 Å². The minimum Gasteiger partial charge on any atom is -0.492 e. The van der Waals surface area contributed by atoms with Crippen LogP contribution in [0.3, 0.4) is 0 Å². The highest BCUT2D eigenvalue weighted by Gasteiger charge is 2.30. The average molecular weight is 498 g/mol. The normalized spacial score (nSPS) is 13.7. The van der Waals surface area contributed by atoms with Gasteiger partial charge in [0.05, 0.1) is 12.0 Å². The van der Waals surface area contributed by atoms with Gasteiger partial charge in [0.25, 0.3) is 16.4 Å². The second-order valence-corrected chi connectivity index (χ2v) is 9.06. The van der Waals surface area contributed by atoms with Crippen molar-refractivity contribution in [3.8, 4) is 11.5 Å². The number of amides is 1. The number of carbonyl (C=O) groups is 1. The maximum absolute atomic E-state index is 14.6. The molecule has 34 heavy (non-hydrogen) atoms. The van der Waals surface area contributed by atoms with Crippen molar-refractivity contribution >= 4 is 32.6 Å². The zero-order chi connectivity index (χ0) is 24.5. The number of sulfonamides is 1. The zero-order valence-corrected chi connectivity index (χ0v) is 18.8. The fourth-order valence-corrected chi connectivity index (χ4v) is 4.70. The van der Waals surface area contributed by atoms with E-state index in [1.54, 1.807) is 13.0 Å². The van der Waals surface area contributed by atoms with E-state index in [4.69, 9.17) is 13.9 Å². The minimum atomic E-state index is -4.66. The van der Waals surface area contributed by atoms with Gasteiger partial charge in [0.2, 0.25) is 0 Å². The summed E-state index contributed by atoms with van der Waals surface area (Å²) in [6, 6.07) is 7.82. The number of carbonyl (C=O) groups excluding carboxylic acids is 1. The predicted octanol–water partition coefficient (Wildman–Crippen LogP) is 3.94. The van der Waals surface area contributed by atoms with Gasteiger partial charge in [-0.05, 0) is 31.5 Å². The Balaban J connectivity index is 1.65. The van der Waals surface area contributed by atoms with Crippen LogP contribution in [0.25, 0.3) is 11.0 Å². The molecule has 1 fully saturated rings. The van der Waals surface area contributed by atoms with Gasteiger partial charge in [-0.2, -0.15) is 0 Å². The Morgan fingerprint density at radius 3 is 2.50 bits per heavy atom. The Morgan fingerprint density at radius 2 is 1.88 bits per heavy atom. The van der Waals surface area contributed by atoms with Crippen LogP contribution in [-0.2, 0) is 10.0 Å². The number of rotatable bonds is 9. The number of benzene rings is 2. The third-order valence-corrected chi connectivity index (χ3v) is 6.51. The van der Waals surface area contributed by atoms with Gasteiger partial charge in [0, 0.05) is 30.9 Å². The number of nitrogens with zero attached hydrogens (tertiary/aromatic N) is 1. The smallest absolute Gasteiger partial charge is 0.300 e. The van der Waals surface area contributed by atoms with Crippen LogP contribution in [0.2, 0.25) is 0 Å². The van der Waals surface area contributed by atoms with E-state index in [2.05, 4.69) is 0 Å². The van der Waals surface area contributed by atoms with Crippen molar-refractivity contribution in [2.75, 3.05) is 31.2 Å². The van der Waals surface area contributed by atoms with Gasteiger partial charge < -0.3 is 18.8 Å². The number of fused-ring (bicyclic) bond motifs is 1. The molecule has 8 nitrogen and oxygen atoms in total. The summed E-state index contributed by atoms with van der Waals surface area (Å²) in [5, 5.41) is 0.0162. The lowest BCUT2D eigenvalue weighted by molar-refractivity contribution is 0.0800. The molecular formula is C22H21F3N2O6S. The molecule has 4 rings (SSSR count). The van der Waals surface area contributed by atoms with Crippen LogP contribution in [-0.4, -0.2) is 47.1 Å². The van der Waals surface area contributed by atoms with Crippen LogP contribution in [0.1, 0.15) is 23.9 Å². The average Bonchev–Trinajstić information content (AvgIpc) is 3.16. The molecule has 0 atom stereocenters. The first-order valence-electron chi connectivity index (χ1n) is 10.4. The number of nitrogens with one attached hydrogen (secondary N) is 1. The first-order valence-corrected chi connectivity index (χ1v) is 11.9. The molecule has 0 aliphatic carbocycles. The number of ether oxygens (including phenoxy) is 2. The molecule has 1 aliphatic rings. The number of alkyl halides is 2. The summed E-state index contributed by atoms with van der Waals surface area (Å²) in [4.78, 5) is 14.0. The maximum Gasteiger partial charge on any atom is 0.300 e. The first-order chi connectivity index (χ1) is 16.2. The SMILES string of the molecule is CCOc1cccc(OCC(F)F)c1S(=O)(=O)NC(=O)c1cc2c(F)cc(N3CCC3)cc2o1. The standard InChI is InChI=1S/C22H21F3N2O6S/c1-2-31-16-5-3-6-17(32-12-20(24)25)21(16)34(29,30)26-22(28)19-11-14-15(23)9-13(10-18(14)33-19)27-7-4-8-27/h3,5-6,9-11,20H,2,4,7-8,12H2,1H3,(H,26,28). The van der Waals surface area contributed by atoms with E-state index in [1.807, 2.05) is 9.62 Å². The van der Waals surface area contributed by atoms with E-state index in [1.165, 1.54) is 18.2 Å². The van der Waals surface area contributed by atoms with Gasteiger partial charge in [-0.15, -0.1) is 0 Å². The Kier molecular flexibility index (Phi) is 6.60. The molecule has 12 heteroatoms. The summed E-state index contributed by atoms with van der Waals surface area (Å²) in [5.74, 6) is -2.84. The van der Waals surface area contributed by atoms with Crippen molar-refractivity contribution in [2.45, 2.75) is 24.7 Å². The molecule has 1 saturated heterocycles. The fourth-order valence-electron chi connectivity index (χ4n) is 3.47. The summed E-state index contributed by atoms with van der Waals surface area (Å²) in [7, 11) is -4.66. The quantitative estimate of drug-likeness (QED) is 0.477. The number of furan rings is 1. The molecule has 3 aromatic rings. The number of anilines is 1. The van der Waals surface area contributed by atoms with Crippen LogP contribution in [0.4, 0.5) is 18.9 Å². The molecule has 1 aliphatic heterocycles. The van der Waals surface area contributed by atoms with E-state index >= 15 is 0 Å². The summed E-state index contributed by atoms with van der Waals surface area (Å²) >= 11 is 0. The molecule has 2 heterocycles. The highest BCUT2D eigenvalue weighted by molar-refractivity contribution is 7.90. The fraction of sp³-hybridized carbons (Fsp3) is 0.318. The number of halogens is 3. The molecule has 0 saturated carbocycles. The molecular weight excluding hydrogens is 477 g/mol. The number of hydrogen-bond acceptors (Lipinski definition) is 7. The Bertz CT molecular complexity index is 1320. The van der Waals surface area contributed by atoms with E-state index < -0.39 is 51.2 Å². The molecule has 0 spiro atoms. The van der Waals surface area contributed by atoms with Gasteiger partial charge in [0.15, 0.2) is 10.7 Å². The maximum atomic E-state index is 14.6. The van der Waals surface area contributed by atoms with Crippen molar-refractivity contribution in [3.05, 3.63) is 48.0 Å². The lowest BCUT2D eigenvalue weighted by atomic mass is 10.1. The molecule has 1 N–H and O–H groups in total. The van der Waals surface area contributed by atoms with Gasteiger partial charge in [-0.3, -0.25) is 4.79 Å². The highest BCUT2D eigenvalue weighted by atomic mass is 32.2. The Hall–Kier alpha value is -3.41. The molecule has 1 aromatic heterocycles. The van der Waals surface area contributed by atoms with Crippen LogP contribution < -0.4 is 19.1 Å². The predicted molar refractivity (Wildman–Crippen MR) is 117 cm³/mol. The second-order valence-electron chi connectivity index (χ2n) is 7.44. The van der Waals surface area contributed by atoms with Crippen LogP contribution in [0, 0.1) is 5.82 Å². The Labute approximate surface area is 193 Å². The summed E-state index contributed by atoms with van der Waals surface area (Å²) in [6.07, 6.45) is -1.87. The van der Waals surface area contributed by atoms with Crippen LogP contribution in [0.5, 0.6) is 11.5 Å². The molecule has 0 unspecified atom stereocenters. The number of hydrogen-bond donors (Lipinski definition) is 1. The lowest BCUT2D eigenvalue weighted by Gasteiger charge is -2.33. The van der Waals surface area contributed by atoms with E-state index in [9.17, 15) is 26.4 Å². The van der Waals surface area contributed by atoms with E-state index in [-0.39, 0.29) is 23.3 Å². The largest absolute Gasteiger partial charge is 0.492 e. The van der Waals surface area contributed by atoms with Gasteiger partial charge in [0.1, 0.15) is 29.5 Å². The van der Waals surface area contributed by atoms with Gasteiger partial charge in [-0.1, -0.05) is 6.07 Å². The summed E-state index contributed by atoms with van der Waals surface area (Å²) in [6.45, 7) is 2.14. The molecule has 0 bridgehead atoms. The van der Waals surface area contributed by atoms with Gasteiger partial charge in [-0.25, -0.2) is 26.3 Å². The zero-order valence-electron chi connectivity index (χ0n) is 18.0. The minimum absolute atomic E-state index is 0.0162. The van der Waals surface area contributed by atoms with Crippen molar-refractivity contribution in [2.24, 2.45) is 0 Å². The second kappa shape index (κ2) is 9.45. The molecule has 0 radical (unpaired) electrons. The highest BCUT2D eigenvalue weighted by Crippen LogP contribution is 2.34. The molecule has 2 aromatic carbocycles. The molecule has 182 valence electrons. The van der Waals surface area contributed by atoms with E-state index in [0.29, 0.717) is 5.69 Å². The summed E-state index contributed by atoms with van der Waals surface area (Å²) in [5.41, 5.74) is 0.678. The third kappa shape index (κ3) is 4.76. The summed E-state index contributed by atoms with van der Waals surface area (Å²) < 4.78 is 83.4.